The smallest absolute Gasteiger partial charge is 0.233 e. The van der Waals surface area contributed by atoms with Gasteiger partial charge in [0, 0.05) is 18.1 Å². The summed E-state index contributed by atoms with van der Waals surface area (Å²) in [5.41, 5.74) is 2.82. The number of H-pyrrole nitrogens is 1. The summed E-state index contributed by atoms with van der Waals surface area (Å²) in [6, 6.07) is 5.73. The van der Waals surface area contributed by atoms with Gasteiger partial charge in [0.2, 0.25) is 11.8 Å². The van der Waals surface area contributed by atoms with Gasteiger partial charge in [0.05, 0.1) is 6.54 Å². The second-order valence-corrected chi connectivity index (χ2v) is 4.86. The van der Waals surface area contributed by atoms with E-state index in [1.807, 2.05) is 32.0 Å². The van der Waals surface area contributed by atoms with Crippen LogP contribution in [-0.4, -0.2) is 21.8 Å². The Bertz CT molecular complexity index is 635. The highest BCUT2D eigenvalue weighted by Gasteiger charge is 2.11. The molecule has 110 valence electrons. The van der Waals surface area contributed by atoms with Crippen LogP contribution in [0.1, 0.15) is 23.4 Å². The molecule has 6 nitrogen and oxygen atoms in total. The van der Waals surface area contributed by atoms with E-state index in [9.17, 15) is 9.59 Å². The van der Waals surface area contributed by atoms with Gasteiger partial charge in [-0.1, -0.05) is 17.7 Å². The number of carbonyl (C=O) groups is 2. The SMILES string of the molecule is Cc1ccc(NC(=O)CC(=O)NCc2ncc[nH]2)c(C)c1. The van der Waals surface area contributed by atoms with Gasteiger partial charge in [0.15, 0.2) is 0 Å². The summed E-state index contributed by atoms with van der Waals surface area (Å²) in [5.74, 6) is -0.0225. The maximum atomic E-state index is 11.8. The minimum atomic E-state index is -0.339. The van der Waals surface area contributed by atoms with Gasteiger partial charge in [0.1, 0.15) is 12.2 Å². The molecule has 1 aromatic carbocycles. The predicted octanol–water partition coefficient (Wildman–Crippen LogP) is 1.67. The fourth-order valence-electron chi connectivity index (χ4n) is 1.93. The van der Waals surface area contributed by atoms with Crippen molar-refractivity contribution in [2.75, 3.05) is 5.32 Å². The van der Waals surface area contributed by atoms with Crippen molar-refractivity contribution >= 4 is 17.5 Å². The number of nitrogens with zero attached hydrogens (tertiary/aromatic N) is 1. The fraction of sp³-hybridized carbons (Fsp3) is 0.267. The highest BCUT2D eigenvalue weighted by atomic mass is 16.2. The van der Waals surface area contributed by atoms with Gasteiger partial charge in [-0.15, -0.1) is 0 Å². The topological polar surface area (TPSA) is 86.9 Å². The molecule has 0 aliphatic carbocycles. The normalized spacial score (nSPS) is 10.2. The second kappa shape index (κ2) is 6.69. The lowest BCUT2D eigenvalue weighted by atomic mass is 10.1. The van der Waals surface area contributed by atoms with Crippen molar-refractivity contribution < 1.29 is 9.59 Å². The number of aromatic nitrogens is 2. The molecule has 0 aliphatic rings. The Hall–Kier alpha value is -2.63. The summed E-state index contributed by atoms with van der Waals surface area (Å²) in [6.07, 6.45) is 3.07. The van der Waals surface area contributed by atoms with E-state index in [2.05, 4.69) is 20.6 Å². The van der Waals surface area contributed by atoms with E-state index in [4.69, 9.17) is 0 Å². The van der Waals surface area contributed by atoms with E-state index in [-0.39, 0.29) is 24.8 Å². The first kappa shape index (κ1) is 14.8. The van der Waals surface area contributed by atoms with Crippen LogP contribution < -0.4 is 10.6 Å². The van der Waals surface area contributed by atoms with Crippen LogP contribution in [0.5, 0.6) is 0 Å². The minimum absolute atomic E-state index is 0.214. The number of aryl methyl sites for hydroxylation is 2. The maximum Gasteiger partial charge on any atom is 0.233 e. The molecule has 2 rings (SSSR count). The van der Waals surface area contributed by atoms with E-state index >= 15 is 0 Å². The average Bonchev–Trinajstić information content (AvgIpc) is 2.93. The van der Waals surface area contributed by atoms with Gasteiger partial charge >= 0.3 is 0 Å². The van der Waals surface area contributed by atoms with E-state index in [1.54, 1.807) is 12.4 Å². The summed E-state index contributed by atoms with van der Waals surface area (Å²) in [5, 5.41) is 5.37. The molecule has 2 amide bonds. The molecule has 21 heavy (non-hydrogen) atoms. The number of rotatable bonds is 5. The fourth-order valence-corrected chi connectivity index (χ4v) is 1.93. The Morgan fingerprint density at radius 3 is 2.71 bits per heavy atom. The lowest BCUT2D eigenvalue weighted by Gasteiger charge is -2.09. The van der Waals surface area contributed by atoms with E-state index in [0.717, 1.165) is 16.8 Å². The zero-order valence-corrected chi connectivity index (χ0v) is 12.1. The molecule has 0 bridgehead atoms. The number of hydrogen-bond acceptors (Lipinski definition) is 3. The average molecular weight is 286 g/mol. The van der Waals surface area contributed by atoms with Crippen LogP contribution in [0.4, 0.5) is 5.69 Å². The second-order valence-electron chi connectivity index (χ2n) is 4.86. The first-order valence-electron chi connectivity index (χ1n) is 6.66. The van der Waals surface area contributed by atoms with Crippen molar-refractivity contribution in [3.8, 4) is 0 Å². The molecule has 0 fully saturated rings. The third-order valence-electron chi connectivity index (χ3n) is 2.98. The molecule has 0 spiro atoms. The van der Waals surface area contributed by atoms with Crippen molar-refractivity contribution in [2.24, 2.45) is 0 Å². The molecule has 6 heteroatoms. The predicted molar refractivity (Wildman–Crippen MR) is 79.6 cm³/mol. The van der Waals surface area contributed by atoms with Crippen LogP contribution in [0.3, 0.4) is 0 Å². The van der Waals surface area contributed by atoms with Crippen molar-refractivity contribution in [1.82, 2.24) is 15.3 Å². The Morgan fingerprint density at radius 2 is 2.05 bits per heavy atom. The monoisotopic (exact) mass is 286 g/mol. The number of imidazole rings is 1. The van der Waals surface area contributed by atoms with Crippen LogP contribution >= 0.6 is 0 Å². The van der Waals surface area contributed by atoms with Crippen LogP contribution in [0.25, 0.3) is 0 Å². The Kier molecular flexibility index (Phi) is 4.71. The van der Waals surface area contributed by atoms with Gasteiger partial charge < -0.3 is 15.6 Å². The number of carbonyl (C=O) groups excluding carboxylic acids is 2. The largest absolute Gasteiger partial charge is 0.348 e. The third kappa shape index (κ3) is 4.45. The highest BCUT2D eigenvalue weighted by Crippen LogP contribution is 2.16. The first-order valence-corrected chi connectivity index (χ1v) is 6.66. The van der Waals surface area contributed by atoms with Gasteiger partial charge in [-0.25, -0.2) is 4.98 Å². The molecular formula is C15H18N4O2. The summed E-state index contributed by atoms with van der Waals surface area (Å²) < 4.78 is 0. The standard InChI is InChI=1S/C15H18N4O2/c1-10-3-4-12(11(2)7-10)19-15(21)8-14(20)18-9-13-16-5-6-17-13/h3-7H,8-9H2,1-2H3,(H,16,17)(H,18,20)(H,19,21). The van der Waals surface area contributed by atoms with Crippen molar-refractivity contribution in [3.63, 3.8) is 0 Å². The zero-order valence-electron chi connectivity index (χ0n) is 12.1. The van der Waals surface area contributed by atoms with Crippen LogP contribution in [0, 0.1) is 13.8 Å². The quantitative estimate of drug-likeness (QED) is 0.731. The molecule has 3 N–H and O–H groups in total. The summed E-state index contributed by atoms with van der Waals surface area (Å²) in [6.45, 7) is 4.18. The van der Waals surface area contributed by atoms with Crippen LogP contribution in [0.15, 0.2) is 30.6 Å². The summed E-state index contributed by atoms with van der Waals surface area (Å²) in [4.78, 5) is 30.3. The van der Waals surface area contributed by atoms with Crippen LogP contribution in [0.2, 0.25) is 0 Å². The molecule has 0 saturated heterocycles. The molecule has 0 atom stereocenters. The summed E-state index contributed by atoms with van der Waals surface area (Å²) >= 11 is 0. The summed E-state index contributed by atoms with van der Waals surface area (Å²) in [7, 11) is 0. The lowest BCUT2D eigenvalue weighted by molar-refractivity contribution is -0.126. The van der Waals surface area contributed by atoms with E-state index < -0.39 is 0 Å². The molecule has 0 saturated carbocycles. The van der Waals surface area contributed by atoms with E-state index in [1.165, 1.54) is 0 Å². The molecule has 2 aromatic rings. The van der Waals surface area contributed by atoms with Crippen LogP contribution in [-0.2, 0) is 16.1 Å². The Balaban J connectivity index is 1.82. The third-order valence-corrected chi connectivity index (χ3v) is 2.98. The number of aromatic amines is 1. The van der Waals surface area contributed by atoms with Crippen molar-refractivity contribution in [1.29, 1.82) is 0 Å². The van der Waals surface area contributed by atoms with Gasteiger partial charge in [-0.3, -0.25) is 9.59 Å². The number of benzene rings is 1. The molecular weight excluding hydrogens is 268 g/mol. The highest BCUT2D eigenvalue weighted by molar-refractivity contribution is 6.03. The first-order chi connectivity index (χ1) is 10.0. The Morgan fingerprint density at radius 1 is 1.24 bits per heavy atom. The maximum absolute atomic E-state index is 11.8. The van der Waals surface area contributed by atoms with Gasteiger partial charge in [0.25, 0.3) is 0 Å². The molecule has 0 aliphatic heterocycles. The van der Waals surface area contributed by atoms with Gasteiger partial charge in [-0.05, 0) is 25.5 Å². The molecule has 1 aromatic heterocycles. The number of nitrogens with one attached hydrogen (secondary N) is 3. The molecule has 1 heterocycles. The minimum Gasteiger partial charge on any atom is -0.348 e. The molecule has 0 radical (unpaired) electrons. The molecule has 0 unspecified atom stereocenters. The van der Waals surface area contributed by atoms with Crippen molar-refractivity contribution in [3.05, 3.63) is 47.5 Å². The lowest BCUT2D eigenvalue weighted by Crippen LogP contribution is -2.28. The number of anilines is 1. The zero-order chi connectivity index (χ0) is 15.2. The van der Waals surface area contributed by atoms with E-state index in [0.29, 0.717) is 5.82 Å². The number of amides is 2. The Labute approximate surface area is 123 Å². The van der Waals surface area contributed by atoms with Gasteiger partial charge in [-0.2, -0.15) is 0 Å². The van der Waals surface area contributed by atoms with Crippen molar-refractivity contribution in [2.45, 2.75) is 26.8 Å². The number of hydrogen-bond donors (Lipinski definition) is 3.